The number of likely N-dealkylation sites (N-methyl/N-ethyl adjacent to an activating group) is 1. The molecule has 0 aromatic carbocycles. The van der Waals surface area contributed by atoms with Gasteiger partial charge < -0.3 is 10.2 Å². The van der Waals surface area contributed by atoms with Gasteiger partial charge in [-0.1, -0.05) is 0 Å². The second-order valence-corrected chi connectivity index (χ2v) is 1.66. The molecule has 0 aliphatic rings. The Morgan fingerprint density at radius 3 is 1.70 bits per heavy atom. The SMILES string of the molecule is CN(C(=O)CO)C(=O)CO. The topological polar surface area (TPSA) is 77.8 Å². The van der Waals surface area contributed by atoms with Crippen LogP contribution in [-0.2, 0) is 9.59 Å². The van der Waals surface area contributed by atoms with E-state index in [0.29, 0.717) is 4.90 Å². The zero-order valence-corrected chi connectivity index (χ0v) is 5.57. The molecular weight excluding hydrogens is 138 g/mol. The van der Waals surface area contributed by atoms with Gasteiger partial charge in [0.1, 0.15) is 13.2 Å². The third kappa shape index (κ3) is 2.12. The van der Waals surface area contributed by atoms with Crippen molar-refractivity contribution in [3.05, 3.63) is 0 Å². The third-order valence-corrected chi connectivity index (χ3v) is 1.02. The monoisotopic (exact) mass is 147 g/mol. The summed E-state index contributed by atoms with van der Waals surface area (Å²) in [5.41, 5.74) is 0. The highest BCUT2D eigenvalue weighted by Crippen LogP contribution is 1.83. The van der Waals surface area contributed by atoms with Crippen LogP contribution in [0.3, 0.4) is 0 Å². The standard InChI is InChI=1S/C5H9NO4/c1-6(4(9)2-7)5(10)3-8/h7-8H,2-3H2,1H3. The van der Waals surface area contributed by atoms with Crippen LogP contribution < -0.4 is 0 Å². The van der Waals surface area contributed by atoms with Gasteiger partial charge in [-0.05, 0) is 0 Å². The van der Waals surface area contributed by atoms with Gasteiger partial charge in [0.25, 0.3) is 11.8 Å². The van der Waals surface area contributed by atoms with Crippen molar-refractivity contribution in [3.8, 4) is 0 Å². The molecule has 58 valence electrons. The van der Waals surface area contributed by atoms with Gasteiger partial charge in [0.15, 0.2) is 0 Å². The number of nitrogens with zero attached hydrogens (tertiary/aromatic N) is 1. The molecule has 0 radical (unpaired) electrons. The van der Waals surface area contributed by atoms with Crippen molar-refractivity contribution in [1.29, 1.82) is 0 Å². The Morgan fingerprint density at radius 1 is 1.20 bits per heavy atom. The summed E-state index contributed by atoms with van der Waals surface area (Å²) in [6.45, 7) is -1.44. The van der Waals surface area contributed by atoms with Crippen LogP contribution in [-0.4, -0.2) is 47.2 Å². The van der Waals surface area contributed by atoms with Crippen molar-refractivity contribution in [2.24, 2.45) is 0 Å². The summed E-state index contributed by atoms with van der Waals surface area (Å²) in [7, 11) is 1.19. The van der Waals surface area contributed by atoms with Crippen molar-refractivity contribution in [2.75, 3.05) is 20.3 Å². The molecule has 0 rings (SSSR count). The minimum absolute atomic E-state index is 0.667. The van der Waals surface area contributed by atoms with Gasteiger partial charge >= 0.3 is 0 Å². The Bertz CT molecular complexity index is 129. The van der Waals surface area contributed by atoms with E-state index in [-0.39, 0.29) is 0 Å². The molecule has 0 fully saturated rings. The molecule has 0 aliphatic heterocycles. The molecule has 0 heterocycles. The van der Waals surface area contributed by atoms with Crippen LogP contribution >= 0.6 is 0 Å². The second kappa shape index (κ2) is 3.97. The summed E-state index contributed by atoms with van der Waals surface area (Å²) in [5.74, 6) is -1.45. The predicted octanol–water partition coefficient (Wildman–Crippen LogP) is -2.04. The van der Waals surface area contributed by atoms with E-state index in [4.69, 9.17) is 10.2 Å². The molecule has 0 spiro atoms. The van der Waals surface area contributed by atoms with E-state index in [0.717, 1.165) is 0 Å². The fourth-order valence-corrected chi connectivity index (χ4v) is 0.351. The van der Waals surface area contributed by atoms with E-state index in [9.17, 15) is 9.59 Å². The van der Waals surface area contributed by atoms with Crippen molar-refractivity contribution in [2.45, 2.75) is 0 Å². The smallest absolute Gasteiger partial charge is 0.254 e. The number of rotatable bonds is 2. The van der Waals surface area contributed by atoms with Crippen molar-refractivity contribution >= 4 is 11.8 Å². The Hall–Kier alpha value is -0.940. The van der Waals surface area contributed by atoms with E-state index >= 15 is 0 Å². The Balaban J connectivity index is 3.94. The molecule has 0 aromatic heterocycles. The number of hydrogen-bond donors (Lipinski definition) is 2. The van der Waals surface area contributed by atoms with Crippen LogP contribution in [0, 0.1) is 0 Å². The van der Waals surface area contributed by atoms with Crippen molar-refractivity contribution in [3.63, 3.8) is 0 Å². The zero-order chi connectivity index (χ0) is 8.15. The molecule has 0 saturated heterocycles. The summed E-state index contributed by atoms with van der Waals surface area (Å²) in [5, 5.41) is 16.4. The molecule has 0 aliphatic carbocycles. The number of carbonyl (C=O) groups excluding carboxylic acids is 2. The molecule has 5 nitrogen and oxygen atoms in total. The molecular formula is C5H9NO4. The van der Waals surface area contributed by atoms with E-state index in [1.54, 1.807) is 0 Å². The molecule has 0 aromatic rings. The highest BCUT2D eigenvalue weighted by Gasteiger charge is 2.13. The Kier molecular flexibility index (Phi) is 3.60. The van der Waals surface area contributed by atoms with Crippen LogP contribution in [0.2, 0.25) is 0 Å². The average molecular weight is 147 g/mol. The van der Waals surface area contributed by atoms with Crippen LogP contribution in [0.15, 0.2) is 0 Å². The number of amides is 2. The van der Waals surface area contributed by atoms with Crippen LogP contribution in [0.4, 0.5) is 0 Å². The first-order valence-electron chi connectivity index (χ1n) is 2.64. The van der Waals surface area contributed by atoms with Crippen LogP contribution in [0.25, 0.3) is 0 Å². The highest BCUT2D eigenvalue weighted by molar-refractivity contribution is 5.95. The summed E-state index contributed by atoms with van der Waals surface area (Å²) in [6.07, 6.45) is 0. The maximum absolute atomic E-state index is 10.5. The third-order valence-electron chi connectivity index (χ3n) is 1.02. The minimum atomic E-state index is -0.723. The first kappa shape index (κ1) is 9.06. The molecule has 2 amide bonds. The highest BCUT2D eigenvalue weighted by atomic mass is 16.3. The maximum atomic E-state index is 10.5. The first-order valence-corrected chi connectivity index (χ1v) is 2.64. The van der Waals surface area contributed by atoms with E-state index in [2.05, 4.69) is 0 Å². The van der Waals surface area contributed by atoms with Crippen LogP contribution in [0.1, 0.15) is 0 Å². The number of carbonyl (C=O) groups is 2. The van der Waals surface area contributed by atoms with Gasteiger partial charge in [0.2, 0.25) is 0 Å². The molecule has 0 bridgehead atoms. The fraction of sp³-hybridized carbons (Fsp3) is 0.600. The first-order chi connectivity index (χ1) is 4.63. The normalized spacial score (nSPS) is 9.10. The summed E-state index contributed by atoms with van der Waals surface area (Å²) < 4.78 is 0. The van der Waals surface area contributed by atoms with Crippen molar-refractivity contribution < 1.29 is 19.8 Å². The van der Waals surface area contributed by atoms with E-state index in [1.165, 1.54) is 7.05 Å². The number of hydrogen-bond acceptors (Lipinski definition) is 4. The lowest BCUT2D eigenvalue weighted by molar-refractivity contribution is -0.146. The Labute approximate surface area is 57.9 Å². The van der Waals surface area contributed by atoms with Gasteiger partial charge in [0, 0.05) is 7.05 Å². The van der Waals surface area contributed by atoms with Gasteiger partial charge in [-0.15, -0.1) is 0 Å². The summed E-state index contributed by atoms with van der Waals surface area (Å²) in [6, 6.07) is 0. The fourth-order valence-electron chi connectivity index (χ4n) is 0.351. The van der Waals surface area contributed by atoms with Crippen LogP contribution in [0.5, 0.6) is 0 Å². The molecule has 0 saturated carbocycles. The van der Waals surface area contributed by atoms with Gasteiger partial charge in [-0.2, -0.15) is 0 Å². The predicted molar refractivity (Wildman–Crippen MR) is 31.9 cm³/mol. The number of imide groups is 1. The summed E-state index contributed by atoms with van der Waals surface area (Å²) in [4.78, 5) is 21.6. The number of aliphatic hydroxyl groups excluding tert-OH is 2. The molecule has 5 heteroatoms. The van der Waals surface area contributed by atoms with Gasteiger partial charge in [-0.25, -0.2) is 0 Å². The average Bonchev–Trinajstić information content (AvgIpc) is 2.00. The second-order valence-electron chi connectivity index (χ2n) is 1.66. The minimum Gasteiger partial charge on any atom is -0.387 e. The quantitative estimate of drug-likeness (QED) is 0.471. The molecule has 2 N–H and O–H groups in total. The van der Waals surface area contributed by atoms with Crippen molar-refractivity contribution in [1.82, 2.24) is 4.90 Å². The molecule has 10 heavy (non-hydrogen) atoms. The molecule has 0 atom stereocenters. The lowest BCUT2D eigenvalue weighted by atomic mass is 10.5. The van der Waals surface area contributed by atoms with Gasteiger partial charge in [0.05, 0.1) is 0 Å². The van der Waals surface area contributed by atoms with E-state index in [1.807, 2.05) is 0 Å². The Morgan fingerprint density at radius 2 is 1.50 bits per heavy atom. The lowest BCUT2D eigenvalue weighted by Gasteiger charge is -2.10. The maximum Gasteiger partial charge on any atom is 0.254 e. The lowest BCUT2D eigenvalue weighted by Crippen LogP contribution is -2.36. The number of aliphatic hydroxyl groups is 2. The summed E-state index contributed by atoms with van der Waals surface area (Å²) >= 11 is 0. The zero-order valence-electron chi connectivity index (χ0n) is 5.57. The van der Waals surface area contributed by atoms with Gasteiger partial charge in [-0.3, -0.25) is 14.5 Å². The largest absolute Gasteiger partial charge is 0.387 e. The molecule has 0 unspecified atom stereocenters. The van der Waals surface area contributed by atoms with E-state index < -0.39 is 25.0 Å².